The van der Waals surface area contributed by atoms with E-state index in [0.717, 1.165) is 55.1 Å². The number of amides is 2. The number of carbonyl (C=O) groups is 2. The third-order valence-corrected chi connectivity index (χ3v) is 5.27. The second kappa shape index (κ2) is 10.6. The number of nitrogens with zero attached hydrogens (tertiary/aromatic N) is 1. The molecule has 0 aliphatic carbocycles. The maximum Gasteiger partial charge on any atom is 0.230 e. The van der Waals surface area contributed by atoms with Crippen LogP contribution in [0.15, 0.2) is 24.3 Å². The van der Waals surface area contributed by atoms with Gasteiger partial charge in [0.1, 0.15) is 0 Å². The molecule has 1 N–H and O–H groups in total. The Kier molecular flexibility index (Phi) is 8.47. The van der Waals surface area contributed by atoms with Crippen LogP contribution in [0.2, 0.25) is 5.02 Å². The van der Waals surface area contributed by atoms with E-state index >= 15 is 0 Å². The summed E-state index contributed by atoms with van der Waals surface area (Å²) >= 11 is 7.44. The molecule has 1 aromatic rings. The van der Waals surface area contributed by atoms with Gasteiger partial charge in [0.15, 0.2) is 0 Å². The van der Waals surface area contributed by atoms with E-state index < -0.39 is 0 Å². The van der Waals surface area contributed by atoms with Crippen LogP contribution in [-0.4, -0.2) is 42.1 Å². The average Bonchev–Trinajstić information content (AvgIpc) is 2.78. The van der Waals surface area contributed by atoms with Crippen molar-refractivity contribution < 1.29 is 9.59 Å². The molecule has 4 nitrogen and oxygen atoms in total. The number of nitrogens with one attached hydrogen (secondary N) is 1. The molecule has 1 saturated heterocycles. The molecule has 1 fully saturated rings. The Labute approximate surface area is 153 Å². The van der Waals surface area contributed by atoms with E-state index in [2.05, 4.69) is 5.32 Å². The second-order valence-electron chi connectivity index (χ2n) is 6.01. The van der Waals surface area contributed by atoms with Gasteiger partial charge in [-0.2, -0.15) is 0 Å². The summed E-state index contributed by atoms with van der Waals surface area (Å²) in [6, 6.07) is 7.68. The maximum atomic E-state index is 11.9. The highest BCUT2D eigenvalue weighted by atomic mass is 35.5. The molecule has 0 spiro atoms. The lowest BCUT2D eigenvalue weighted by Gasteiger charge is -2.20. The predicted octanol–water partition coefficient (Wildman–Crippen LogP) is 3.48. The van der Waals surface area contributed by atoms with Crippen molar-refractivity contribution in [2.75, 3.05) is 25.4 Å². The molecule has 1 aliphatic rings. The minimum atomic E-state index is 0.0520. The number of likely N-dealkylation sites (tertiary alicyclic amines) is 1. The molecule has 0 atom stereocenters. The Balaban J connectivity index is 1.54. The van der Waals surface area contributed by atoms with Crippen LogP contribution < -0.4 is 5.32 Å². The van der Waals surface area contributed by atoms with E-state index in [1.54, 1.807) is 11.8 Å². The van der Waals surface area contributed by atoms with Crippen molar-refractivity contribution in [2.45, 2.75) is 37.9 Å². The Morgan fingerprint density at radius 2 is 2.00 bits per heavy atom. The highest BCUT2D eigenvalue weighted by Crippen LogP contribution is 2.15. The number of halogens is 1. The van der Waals surface area contributed by atoms with Crippen molar-refractivity contribution in [3.63, 3.8) is 0 Å². The smallest absolute Gasteiger partial charge is 0.230 e. The second-order valence-corrected chi connectivity index (χ2v) is 7.44. The molecule has 0 unspecified atom stereocenters. The fraction of sp³-hybridized carbons (Fsp3) is 0.556. The van der Waals surface area contributed by atoms with Crippen LogP contribution in [0.3, 0.4) is 0 Å². The van der Waals surface area contributed by atoms with Crippen LogP contribution in [0, 0.1) is 0 Å². The molecule has 2 amide bonds. The van der Waals surface area contributed by atoms with Crippen LogP contribution >= 0.6 is 23.4 Å². The molecular weight excluding hydrogens is 344 g/mol. The van der Waals surface area contributed by atoms with Crippen LogP contribution in [-0.2, 0) is 15.3 Å². The largest absolute Gasteiger partial charge is 0.355 e. The summed E-state index contributed by atoms with van der Waals surface area (Å²) in [6.07, 6.45) is 4.74. The summed E-state index contributed by atoms with van der Waals surface area (Å²) in [6.45, 7) is 2.24. The Bertz CT molecular complexity index is 536. The van der Waals surface area contributed by atoms with Crippen LogP contribution in [0.1, 0.15) is 37.7 Å². The standard InChI is InChI=1S/C18H25ClN2O2S/c19-16-8-6-15(7-9-16)13-24-14-17(22)20-10-4-12-21-11-3-1-2-5-18(21)23/h6-9H,1-5,10-14H2,(H,20,22). The summed E-state index contributed by atoms with van der Waals surface area (Å²) in [5.41, 5.74) is 1.16. The summed E-state index contributed by atoms with van der Waals surface area (Å²) in [7, 11) is 0. The van der Waals surface area contributed by atoms with Crippen LogP contribution in [0.4, 0.5) is 0 Å². The third-order valence-electron chi connectivity index (χ3n) is 4.01. The quantitative estimate of drug-likeness (QED) is 0.714. The van der Waals surface area contributed by atoms with Gasteiger partial charge in [-0.25, -0.2) is 0 Å². The molecule has 24 heavy (non-hydrogen) atoms. The zero-order valence-electron chi connectivity index (χ0n) is 13.9. The molecule has 0 aromatic heterocycles. The molecule has 6 heteroatoms. The SMILES string of the molecule is O=C(CSCc1ccc(Cl)cc1)NCCCN1CCCCCC1=O. The monoisotopic (exact) mass is 368 g/mol. The number of carbonyl (C=O) groups excluding carboxylic acids is 2. The number of hydrogen-bond donors (Lipinski definition) is 1. The van der Waals surface area contributed by atoms with E-state index in [1.165, 1.54) is 0 Å². The molecule has 1 aliphatic heterocycles. The molecule has 0 radical (unpaired) electrons. The summed E-state index contributed by atoms with van der Waals surface area (Å²) in [4.78, 5) is 25.6. The highest BCUT2D eigenvalue weighted by Gasteiger charge is 2.15. The van der Waals surface area contributed by atoms with Gasteiger partial charge in [-0.15, -0.1) is 11.8 Å². The fourth-order valence-corrected chi connectivity index (χ4v) is 3.61. The zero-order chi connectivity index (χ0) is 17.2. The Hall–Kier alpha value is -1.20. The summed E-state index contributed by atoms with van der Waals surface area (Å²) in [5.74, 6) is 1.56. The van der Waals surface area contributed by atoms with Gasteiger partial charge in [-0.05, 0) is 37.0 Å². The topological polar surface area (TPSA) is 49.4 Å². The lowest BCUT2D eigenvalue weighted by Crippen LogP contribution is -2.34. The first-order valence-corrected chi connectivity index (χ1v) is 10.0. The van der Waals surface area contributed by atoms with Crippen LogP contribution in [0.25, 0.3) is 0 Å². The summed E-state index contributed by atoms with van der Waals surface area (Å²) < 4.78 is 0. The molecule has 1 aromatic carbocycles. The first-order valence-electron chi connectivity index (χ1n) is 8.52. The third kappa shape index (κ3) is 7.14. The van der Waals surface area contributed by atoms with E-state index in [9.17, 15) is 9.59 Å². The van der Waals surface area contributed by atoms with Gasteiger partial charge in [0.05, 0.1) is 5.75 Å². The van der Waals surface area contributed by atoms with Crippen molar-refractivity contribution in [3.8, 4) is 0 Å². The van der Waals surface area contributed by atoms with Crippen molar-refractivity contribution in [1.82, 2.24) is 10.2 Å². The Morgan fingerprint density at radius 3 is 2.79 bits per heavy atom. The van der Waals surface area contributed by atoms with Gasteiger partial charge >= 0.3 is 0 Å². The van der Waals surface area contributed by atoms with E-state index in [1.807, 2.05) is 29.2 Å². The van der Waals surface area contributed by atoms with Crippen molar-refractivity contribution >= 4 is 35.2 Å². The fourth-order valence-electron chi connectivity index (χ4n) is 2.67. The molecular formula is C18H25ClN2O2S. The lowest BCUT2D eigenvalue weighted by atomic mass is 10.2. The normalized spacial score (nSPS) is 15.2. The number of thioether (sulfide) groups is 1. The molecule has 1 heterocycles. The Morgan fingerprint density at radius 1 is 1.21 bits per heavy atom. The van der Waals surface area contributed by atoms with E-state index in [0.29, 0.717) is 18.7 Å². The molecule has 0 saturated carbocycles. The van der Waals surface area contributed by atoms with Gasteiger partial charge in [0.2, 0.25) is 11.8 Å². The van der Waals surface area contributed by atoms with Gasteiger partial charge in [-0.3, -0.25) is 9.59 Å². The van der Waals surface area contributed by atoms with Crippen molar-refractivity contribution in [3.05, 3.63) is 34.9 Å². The van der Waals surface area contributed by atoms with Gasteiger partial charge < -0.3 is 10.2 Å². The maximum absolute atomic E-state index is 11.9. The lowest BCUT2D eigenvalue weighted by molar-refractivity contribution is -0.130. The van der Waals surface area contributed by atoms with Gasteiger partial charge in [0, 0.05) is 36.8 Å². The molecule has 2 rings (SSSR count). The zero-order valence-corrected chi connectivity index (χ0v) is 15.5. The number of hydrogen-bond acceptors (Lipinski definition) is 3. The first-order chi connectivity index (χ1) is 11.6. The van der Waals surface area contributed by atoms with E-state index in [-0.39, 0.29) is 11.8 Å². The molecule has 132 valence electrons. The number of benzene rings is 1. The van der Waals surface area contributed by atoms with Gasteiger partial charge in [0.25, 0.3) is 0 Å². The van der Waals surface area contributed by atoms with Crippen molar-refractivity contribution in [1.29, 1.82) is 0 Å². The average molecular weight is 369 g/mol. The van der Waals surface area contributed by atoms with E-state index in [4.69, 9.17) is 11.6 Å². The molecule has 0 bridgehead atoms. The minimum Gasteiger partial charge on any atom is -0.355 e. The minimum absolute atomic E-state index is 0.0520. The summed E-state index contributed by atoms with van der Waals surface area (Å²) in [5, 5.41) is 3.66. The first kappa shape index (κ1) is 19.1. The predicted molar refractivity (Wildman–Crippen MR) is 100 cm³/mol. The van der Waals surface area contributed by atoms with Crippen LogP contribution in [0.5, 0.6) is 0 Å². The van der Waals surface area contributed by atoms with Gasteiger partial charge in [-0.1, -0.05) is 30.2 Å². The van der Waals surface area contributed by atoms with Crippen molar-refractivity contribution in [2.24, 2.45) is 0 Å². The number of rotatable bonds is 8. The highest BCUT2D eigenvalue weighted by molar-refractivity contribution is 7.99.